The number of carbonyl (C=O) groups excluding carboxylic acids is 2. The minimum absolute atomic E-state index is 0.0185. The molecule has 3 aromatic rings. The van der Waals surface area contributed by atoms with Crippen LogP contribution in [-0.2, 0) is 32.6 Å². The lowest BCUT2D eigenvalue weighted by Crippen LogP contribution is -2.61. The highest BCUT2D eigenvalue weighted by Gasteiger charge is 2.41. The number of hydrogen-bond acceptors (Lipinski definition) is 6. The lowest BCUT2D eigenvalue weighted by Gasteiger charge is -2.39. The molecule has 9 nitrogen and oxygen atoms in total. The van der Waals surface area contributed by atoms with Crippen LogP contribution in [0.1, 0.15) is 16.7 Å². The number of nitrogens with one attached hydrogen (secondary N) is 1. The Bertz CT molecular complexity index is 1360. The molecule has 1 fully saturated rings. The Morgan fingerprint density at radius 3 is 2.34 bits per heavy atom. The number of anilines is 1. The first-order valence-electron chi connectivity index (χ1n) is 12.4. The second-order valence-corrected chi connectivity index (χ2v) is 11.5. The van der Waals surface area contributed by atoms with Gasteiger partial charge in [-0.05, 0) is 48.4 Å². The molecule has 2 amide bonds. The number of sulfonamides is 1. The third-order valence-electron chi connectivity index (χ3n) is 6.61. The number of piperazine rings is 1. The largest absolute Gasteiger partial charge is 0.378 e. The molecule has 1 aromatic heterocycles. The number of amides is 2. The monoisotopic (exact) mass is 535 g/mol. The number of benzene rings is 2. The quantitative estimate of drug-likeness (QED) is 0.475. The van der Waals surface area contributed by atoms with Crippen LogP contribution in [-0.4, -0.2) is 74.2 Å². The Balaban J connectivity index is 1.54. The molecule has 1 atom stereocenters. The lowest BCUT2D eigenvalue weighted by molar-refractivity contribution is -0.135. The van der Waals surface area contributed by atoms with Crippen LogP contribution in [0.5, 0.6) is 0 Å². The van der Waals surface area contributed by atoms with Gasteiger partial charge in [-0.15, -0.1) is 0 Å². The minimum atomic E-state index is -3.96. The second kappa shape index (κ2) is 11.7. The van der Waals surface area contributed by atoms with Crippen LogP contribution < -0.4 is 10.2 Å². The van der Waals surface area contributed by atoms with E-state index in [9.17, 15) is 18.0 Å². The molecule has 38 heavy (non-hydrogen) atoms. The van der Waals surface area contributed by atoms with Crippen LogP contribution in [0.2, 0.25) is 0 Å². The molecule has 4 rings (SSSR count). The van der Waals surface area contributed by atoms with Gasteiger partial charge in [-0.1, -0.05) is 35.9 Å². The van der Waals surface area contributed by atoms with Crippen molar-refractivity contribution in [2.75, 3.05) is 38.6 Å². The zero-order valence-electron chi connectivity index (χ0n) is 21.9. The van der Waals surface area contributed by atoms with Crippen LogP contribution in [0.3, 0.4) is 0 Å². The molecule has 0 bridgehead atoms. The fourth-order valence-electron chi connectivity index (χ4n) is 4.35. The summed E-state index contributed by atoms with van der Waals surface area (Å²) in [6, 6.07) is 16.8. The van der Waals surface area contributed by atoms with Crippen molar-refractivity contribution in [2.45, 2.75) is 30.8 Å². The Morgan fingerprint density at radius 2 is 1.71 bits per heavy atom. The van der Waals surface area contributed by atoms with Gasteiger partial charge in [0.1, 0.15) is 6.04 Å². The summed E-state index contributed by atoms with van der Waals surface area (Å²) in [6.07, 6.45) is 3.39. The Hall–Kier alpha value is -3.76. The van der Waals surface area contributed by atoms with Crippen molar-refractivity contribution in [3.05, 3.63) is 89.7 Å². The van der Waals surface area contributed by atoms with E-state index >= 15 is 0 Å². The predicted molar refractivity (Wildman–Crippen MR) is 146 cm³/mol. The number of aryl methyl sites for hydroxylation is 1. The third kappa shape index (κ3) is 6.38. The number of rotatable bonds is 8. The van der Waals surface area contributed by atoms with E-state index in [-0.39, 0.29) is 43.4 Å². The third-order valence-corrected chi connectivity index (χ3v) is 8.53. The molecule has 0 radical (unpaired) electrons. The van der Waals surface area contributed by atoms with Gasteiger partial charge in [0, 0.05) is 58.4 Å². The Labute approximate surface area is 224 Å². The van der Waals surface area contributed by atoms with Crippen molar-refractivity contribution in [3.63, 3.8) is 0 Å². The minimum Gasteiger partial charge on any atom is -0.378 e. The lowest BCUT2D eigenvalue weighted by atomic mass is 10.1. The van der Waals surface area contributed by atoms with Gasteiger partial charge in [0.2, 0.25) is 21.8 Å². The summed E-state index contributed by atoms with van der Waals surface area (Å²) in [6.45, 7) is 2.30. The standard InChI is InChI=1S/C28H33N5O4S/c1-21-6-12-25(13-7-21)38(36,37)33-16-15-32(27(34)17-23-5-4-14-29-18-23)20-26(33)28(35)30-19-22-8-10-24(11-9-22)31(2)3/h4-14,18,26H,15-17,19-20H2,1-3H3,(H,30,35). The first kappa shape index (κ1) is 27.3. The number of pyridine rings is 1. The Kier molecular flexibility index (Phi) is 8.43. The van der Waals surface area contributed by atoms with Crippen LogP contribution in [0.4, 0.5) is 5.69 Å². The van der Waals surface area contributed by atoms with Crippen LogP contribution in [0, 0.1) is 6.92 Å². The molecule has 1 saturated heterocycles. The zero-order valence-corrected chi connectivity index (χ0v) is 22.7. The molecule has 1 aliphatic heterocycles. The SMILES string of the molecule is Cc1ccc(S(=O)(=O)N2CCN(C(=O)Cc3cccnc3)CC2C(=O)NCc2ccc(N(C)C)cc2)cc1. The maximum Gasteiger partial charge on any atom is 0.243 e. The molecular weight excluding hydrogens is 502 g/mol. The fourth-order valence-corrected chi connectivity index (χ4v) is 5.92. The molecule has 0 aliphatic carbocycles. The zero-order chi connectivity index (χ0) is 27.3. The molecule has 2 heterocycles. The molecule has 2 aromatic carbocycles. The smallest absolute Gasteiger partial charge is 0.243 e. The van der Waals surface area contributed by atoms with E-state index < -0.39 is 22.0 Å². The Morgan fingerprint density at radius 1 is 1.00 bits per heavy atom. The van der Waals surface area contributed by atoms with E-state index in [0.29, 0.717) is 0 Å². The summed E-state index contributed by atoms with van der Waals surface area (Å²) in [5, 5.41) is 2.88. The van der Waals surface area contributed by atoms with E-state index in [4.69, 9.17) is 0 Å². The van der Waals surface area contributed by atoms with Gasteiger partial charge in [-0.3, -0.25) is 14.6 Å². The van der Waals surface area contributed by atoms with Gasteiger partial charge in [0.25, 0.3) is 0 Å². The first-order valence-corrected chi connectivity index (χ1v) is 13.9. The maximum absolute atomic E-state index is 13.6. The van der Waals surface area contributed by atoms with Crippen LogP contribution >= 0.6 is 0 Å². The second-order valence-electron chi connectivity index (χ2n) is 9.60. The van der Waals surface area contributed by atoms with Crippen molar-refractivity contribution in [1.29, 1.82) is 0 Å². The number of nitrogens with zero attached hydrogens (tertiary/aromatic N) is 4. The van der Waals surface area contributed by atoms with Crippen molar-refractivity contribution in [3.8, 4) is 0 Å². The highest BCUT2D eigenvalue weighted by Crippen LogP contribution is 2.23. The summed E-state index contributed by atoms with van der Waals surface area (Å²) in [5.41, 5.74) is 3.61. The van der Waals surface area contributed by atoms with Gasteiger partial charge in [0.15, 0.2) is 0 Å². The van der Waals surface area contributed by atoms with Gasteiger partial charge in [-0.2, -0.15) is 4.31 Å². The van der Waals surface area contributed by atoms with Crippen molar-refractivity contribution in [1.82, 2.24) is 19.5 Å². The van der Waals surface area contributed by atoms with Crippen molar-refractivity contribution in [2.24, 2.45) is 0 Å². The topological polar surface area (TPSA) is 103 Å². The predicted octanol–water partition coefficient (Wildman–Crippen LogP) is 2.22. The summed E-state index contributed by atoms with van der Waals surface area (Å²) < 4.78 is 28.4. The van der Waals surface area contributed by atoms with Gasteiger partial charge in [0.05, 0.1) is 11.3 Å². The van der Waals surface area contributed by atoms with E-state index in [1.165, 1.54) is 4.31 Å². The van der Waals surface area contributed by atoms with Crippen LogP contribution in [0.25, 0.3) is 0 Å². The average molecular weight is 536 g/mol. The van der Waals surface area contributed by atoms with Gasteiger partial charge >= 0.3 is 0 Å². The summed E-state index contributed by atoms with van der Waals surface area (Å²) in [7, 11) is -0.0627. The summed E-state index contributed by atoms with van der Waals surface area (Å²) >= 11 is 0. The molecule has 0 spiro atoms. The molecule has 200 valence electrons. The highest BCUT2D eigenvalue weighted by atomic mass is 32.2. The summed E-state index contributed by atoms with van der Waals surface area (Å²) in [5.74, 6) is -0.626. The molecule has 1 unspecified atom stereocenters. The van der Waals surface area contributed by atoms with Gasteiger partial charge in [-0.25, -0.2) is 8.42 Å². The van der Waals surface area contributed by atoms with Gasteiger partial charge < -0.3 is 15.1 Å². The van der Waals surface area contributed by atoms with E-state index in [1.54, 1.807) is 47.6 Å². The summed E-state index contributed by atoms with van der Waals surface area (Å²) in [4.78, 5) is 34.2. The molecular formula is C28H33N5O4S. The molecule has 10 heteroatoms. The first-order chi connectivity index (χ1) is 18.1. The maximum atomic E-state index is 13.6. The van der Waals surface area contributed by atoms with E-state index in [0.717, 1.165) is 22.4 Å². The van der Waals surface area contributed by atoms with E-state index in [1.807, 2.05) is 56.3 Å². The molecule has 1 N–H and O–H groups in total. The van der Waals surface area contributed by atoms with Crippen molar-refractivity contribution < 1.29 is 18.0 Å². The van der Waals surface area contributed by atoms with Crippen LogP contribution in [0.15, 0.2) is 78.0 Å². The van der Waals surface area contributed by atoms with E-state index in [2.05, 4.69) is 10.3 Å². The normalized spacial score (nSPS) is 16.2. The highest BCUT2D eigenvalue weighted by molar-refractivity contribution is 7.89. The van der Waals surface area contributed by atoms with Crippen molar-refractivity contribution >= 4 is 27.5 Å². The average Bonchev–Trinajstić information content (AvgIpc) is 2.92. The molecule has 1 aliphatic rings. The number of carbonyl (C=O) groups is 2. The molecule has 0 saturated carbocycles. The number of aromatic nitrogens is 1. The number of hydrogen-bond donors (Lipinski definition) is 1. The fraction of sp³-hybridized carbons (Fsp3) is 0.321.